The van der Waals surface area contributed by atoms with E-state index in [9.17, 15) is 9.59 Å². The zero-order valence-corrected chi connectivity index (χ0v) is 15.2. The van der Waals surface area contributed by atoms with Crippen molar-refractivity contribution in [2.45, 2.75) is 19.0 Å². The molecule has 0 unspecified atom stereocenters. The summed E-state index contributed by atoms with van der Waals surface area (Å²) in [6.07, 6.45) is 0. The molecule has 0 aliphatic heterocycles. The van der Waals surface area contributed by atoms with E-state index in [1.54, 1.807) is 4.57 Å². The number of thioether (sulfide) groups is 1. The van der Waals surface area contributed by atoms with Crippen molar-refractivity contribution in [3.05, 3.63) is 51.1 Å². The Kier molecular flexibility index (Phi) is 4.73. The minimum atomic E-state index is -0.354. The number of aryl methyl sites for hydroxylation is 2. The Bertz CT molecular complexity index is 961. The van der Waals surface area contributed by atoms with Crippen LogP contribution in [-0.2, 0) is 9.53 Å². The Morgan fingerprint density at radius 3 is 2.67 bits per heavy atom. The first-order valence-corrected chi connectivity index (χ1v) is 9.11. The topological polar surface area (TPSA) is 61.2 Å². The van der Waals surface area contributed by atoms with Crippen LogP contribution in [0, 0.1) is 13.8 Å². The molecule has 2 heterocycles. The lowest BCUT2D eigenvalue weighted by molar-refractivity contribution is -0.137. The zero-order chi connectivity index (χ0) is 17.3. The van der Waals surface area contributed by atoms with Gasteiger partial charge in [-0.15, -0.1) is 11.3 Å². The van der Waals surface area contributed by atoms with Gasteiger partial charge in [0, 0.05) is 4.88 Å². The highest BCUT2D eigenvalue weighted by molar-refractivity contribution is 7.99. The van der Waals surface area contributed by atoms with Crippen LogP contribution in [0.5, 0.6) is 0 Å². The van der Waals surface area contributed by atoms with Crippen LogP contribution >= 0.6 is 23.1 Å². The molecule has 124 valence electrons. The number of fused-ring (bicyclic) bond motifs is 1. The number of methoxy groups -OCH3 is 1. The largest absolute Gasteiger partial charge is 0.468 e. The molecule has 0 aliphatic rings. The summed E-state index contributed by atoms with van der Waals surface area (Å²) in [5, 5.41) is 1.13. The van der Waals surface area contributed by atoms with Gasteiger partial charge in [0.1, 0.15) is 4.83 Å². The SMILES string of the molecule is COC(=O)CSc1nc2sc(C)c(C)c2c(=O)n1-c1ccccc1. The predicted molar refractivity (Wildman–Crippen MR) is 97.4 cm³/mol. The molecule has 0 saturated heterocycles. The van der Waals surface area contributed by atoms with Crippen LogP contribution in [0.25, 0.3) is 15.9 Å². The molecule has 0 saturated carbocycles. The van der Waals surface area contributed by atoms with Crippen molar-refractivity contribution in [2.24, 2.45) is 0 Å². The van der Waals surface area contributed by atoms with E-state index in [0.29, 0.717) is 15.4 Å². The molecule has 3 aromatic rings. The molecule has 1 aromatic carbocycles. The van der Waals surface area contributed by atoms with E-state index in [1.165, 1.54) is 30.2 Å². The number of carbonyl (C=O) groups excluding carboxylic acids is 1. The Balaban J connectivity index is 2.24. The molecule has 3 rings (SSSR count). The Hall–Kier alpha value is -2.12. The molecular weight excluding hydrogens is 344 g/mol. The molecule has 0 atom stereocenters. The Labute approximate surface area is 147 Å². The molecule has 0 fully saturated rings. The quantitative estimate of drug-likeness (QED) is 0.406. The normalized spacial score (nSPS) is 11.0. The molecule has 0 radical (unpaired) electrons. The van der Waals surface area contributed by atoms with Gasteiger partial charge >= 0.3 is 5.97 Å². The highest BCUT2D eigenvalue weighted by Crippen LogP contribution is 2.29. The third kappa shape index (κ3) is 2.97. The Morgan fingerprint density at radius 1 is 1.29 bits per heavy atom. The van der Waals surface area contributed by atoms with Crippen LogP contribution in [0.4, 0.5) is 0 Å². The second-order valence-electron chi connectivity index (χ2n) is 5.20. The lowest BCUT2D eigenvalue weighted by atomic mass is 10.2. The molecule has 0 amide bonds. The maximum atomic E-state index is 13.1. The summed E-state index contributed by atoms with van der Waals surface area (Å²) in [6, 6.07) is 9.33. The molecule has 7 heteroatoms. The summed E-state index contributed by atoms with van der Waals surface area (Å²) in [5.41, 5.74) is 1.58. The number of nitrogens with zero attached hydrogens (tertiary/aromatic N) is 2. The number of esters is 1. The van der Waals surface area contributed by atoms with E-state index in [4.69, 9.17) is 0 Å². The van der Waals surface area contributed by atoms with Crippen LogP contribution in [0.15, 0.2) is 40.3 Å². The summed E-state index contributed by atoms with van der Waals surface area (Å²) < 4.78 is 6.25. The van der Waals surface area contributed by atoms with Crippen molar-refractivity contribution in [2.75, 3.05) is 12.9 Å². The van der Waals surface area contributed by atoms with Gasteiger partial charge in [-0.2, -0.15) is 0 Å². The molecule has 5 nitrogen and oxygen atoms in total. The van der Waals surface area contributed by atoms with Crippen LogP contribution < -0.4 is 5.56 Å². The highest BCUT2D eigenvalue weighted by atomic mass is 32.2. The van der Waals surface area contributed by atoms with Crippen molar-refractivity contribution in [1.82, 2.24) is 9.55 Å². The molecule has 24 heavy (non-hydrogen) atoms. The number of carbonyl (C=O) groups is 1. The van der Waals surface area contributed by atoms with Crippen molar-refractivity contribution < 1.29 is 9.53 Å². The molecule has 0 aliphatic carbocycles. The highest BCUT2D eigenvalue weighted by Gasteiger charge is 2.18. The molecule has 0 bridgehead atoms. The van der Waals surface area contributed by atoms with Gasteiger partial charge < -0.3 is 4.74 Å². The fourth-order valence-corrected chi connectivity index (χ4v) is 4.27. The summed E-state index contributed by atoms with van der Waals surface area (Å²) in [6.45, 7) is 3.92. The molecule has 0 spiro atoms. The average Bonchev–Trinajstić information content (AvgIpc) is 2.88. The van der Waals surface area contributed by atoms with Crippen molar-refractivity contribution in [3.8, 4) is 5.69 Å². The van der Waals surface area contributed by atoms with E-state index in [1.807, 2.05) is 44.2 Å². The lowest BCUT2D eigenvalue weighted by Gasteiger charge is -2.11. The zero-order valence-electron chi connectivity index (χ0n) is 13.5. The van der Waals surface area contributed by atoms with Gasteiger partial charge in [0.15, 0.2) is 5.16 Å². The molecule has 2 aromatic heterocycles. The van der Waals surface area contributed by atoms with Gasteiger partial charge in [-0.05, 0) is 31.5 Å². The lowest BCUT2D eigenvalue weighted by Crippen LogP contribution is -2.22. The number of benzene rings is 1. The standard InChI is InChI=1S/C17H16N2O3S2/c1-10-11(2)24-15-14(10)16(21)19(12-7-5-4-6-8-12)17(18-15)23-9-13(20)22-3/h4-8H,9H2,1-3H3. The summed E-state index contributed by atoms with van der Waals surface area (Å²) in [7, 11) is 1.34. The second-order valence-corrected chi connectivity index (χ2v) is 7.34. The van der Waals surface area contributed by atoms with Gasteiger partial charge in [0.05, 0.1) is 23.9 Å². The first kappa shape index (κ1) is 16.7. The molecule has 0 N–H and O–H groups in total. The van der Waals surface area contributed by atoms with Crippen LogP contribution in [-0.4, -0.2) is 28.4 Å². The third-order valence-corrected chi connectivity index (χ3v) is 5.75. The molecular formula is C17H16N2O3S2. The number of rotatable bonds is 4. The van der Waals surface area contributed by atoms with Crippen LogP contribution in [0.3, 0.4) is 0 Å². The fraction of sp³-hybridized carbons (Fsp3) is 0.235. The maximum absolute atomic E-state index is 13.1. The van der Waals surface area contributed by atoms with E-state index in [2.05, 4.69) is 9.72 Å². The maximum Gasteiger partial charge on any atom is 0.316 e. The van der Waals surface area contributed by atoms with Gasteiger partial charge in [0.25, 0.3) is 5.56 Å². The van der Waals surface area contributed by atoms with E-state index < -0.39 is 0 Å². The number of hydrogen-bond acceptors (Lipinski definition) is 6. The van der Waals surface area contributed by atoms with Crippen molar-refractivity contribution >= 4 is 39.3 Å². The first-order chi connectivity index (χ1) is 11.5. The third-order valence-electron chi connectivity index (χ3n) is 3.73. The van der Waals surface area contributed by atoms with Gasteiger partial charge in [-0.1, -0.05) is 30.0 Å². The summed E-state index contributed by atoms with van der Waals surface area (Å²) in [5.74, 6) is -0.252. The van der Waals surface area contributed by atoms with Gasteiger partial charge in [-0.25, -0.2) is 4.98 Å². The smallest absolute Gasteiger partial charge is 0.316 e. The second kappa shape index (κ2) is 6.78. The summed E-state index contributed by atoms with van der Waals surface area (Å²) in [4.78, 5) is 31.0. The minimum absolute atomic E-state index is 0.102. The van der Waals surface area contributed by atoms with E-state index >= 15 is 0 Å². The van der Waals surface area contributed by atoms with Crippen LogP contribution in [0.2, 0.25) is 0 Å². The average molecular weight is 360 g/mol. The number of hydrogen-bond donors (Lipinski definition) is 0. The number of aromatic nitrogens is 2. The van der Waals surface area contributed by atoms with Gasteiger partial charge in [-0.3, -0.25) is 14.2 Å². The van der Waals surface area contributed by atoms with Crippen molar-refractivity contribution in [3.63, 3.8) is 0 Å². The monoisotopic (exact) mass is 360 g/mol. The summed E-state index contributed by atoms with van der Waals surface area (Å²) >= 11 is 2.70. The van der Waals surface area contributed by atoms with Gasteiger partial charge in [0.2, 0.25) is 0 Å². The predicted octanol–water partition coefficient (Wildman–Crippen LogP) is 3.33. The first-order valence-electron chi connectivity index (χ1n) is 7.30. The number of para-hydroxylation sites is 1. The van der Waals surface area contributed by atoms with E-state index in [-0.39, 0.29) is 17.3 Å². The van der Waals surface area contributed by atoms with Crippen molar-refractivity contribution in [1.29, 1.82) is 0 Å². The number of ether oxygens (including phenoxy) is 1. The van der Waals surface area contributed by atoms with Crippen LogP contribution in [0.1, 0.15) is 10.4 Å². The fourth-order valence-electron chi connectivity index (χ4n) is 2.36. The Morgan fingerprint density at radius 2 is 2.00 bits per heavy atom. The number of thiophene rings is 1. The minimum Gasteiger partial charge on any atom is -0.468 e. The van der Waals surface area contributed by atoms with E-state index in [0.717, 1.165) is 16.1 Å².